The van der Waals surface area contributed by atoms with Gasteiger partial charge < -0.3 is 10.2 Å². The van der Waals surface area contributed by atoms with Crippen LogP contribution in [0.25, 0.3) is 11.3 Å². The van der Waals surface area contributed by atoms with Gasteiger partial charge in [0.05, 0.1) is 11.8 Å². The molecule has 0 bridgehead atoms. The number of hydrazone groups is 1. The summed E-state index contributed by atoms with van der Waals surface area (Å²) in [7, 11) is 0. The first-order valence-corrected chi connectivity index (χ1v) is 6.82. The fourth-order valence-electron chi connectivity index (χ4n) is 1.89. The Bertz CT molecular complexity index is 887. The summed E-state index contributed by atoms with van der Waals surface area (Å²) in [5.41, 5.74) is 8.07. The van der Waals surface area contributed by atoms with Gasteiger partial charge in [0.2, 0.25) is 5.95 Å². The highest BCUT2D eigenvalue weighted by molar-refractivity contribution is 5.81. The molecule has 0 atom stereocenters. The molecule has 2 heterocycles. The van der Waals surface area contributed by atoms with Gasteiger partial charge in [-0.25, -0.2) is 14.5 Å². The Kier molecular flexibility index (Phi) is 4.27. The van der Waals surface area contributed by atoms with Gasteiger partial charge in [-0.15, -0.1) is 0 Å². The molecule has 0 aliphatic carbocycles. The fraction of sp³-hybridized carbons (Fsp3) is 0.0714. The summed E-state index contributed by atoms with van der Waals surface area (Å²) in [6.45, 7) is -0.172. The first-order valence-electron chi connectivity index (χ1n) is 6.82. The second-order valence-corrected chi connectivity index (χ2v) is 4.67. The normalized spacial score (nSPS) is 11.0. The van der Waals surface area contributed by atoms with Crippen LogP contribution in [0.5, 0.6) is 0 Å². The van der Waals surface area contributed by atoms with E-state index < -0.39 is 5.91 Å². The van der Waals surface area contributed by atoms with Gasteiger partial charge >= 0.3 is 0 Å². The van der Waals surface area contributed by atoms with Crippen LogP contribution in [-0.2, 0) is 11.3 Å². The van der Waals surface area contributed by atoms with E-state index in [1.54, 1.807) is 30.3 Å². The Labute approximate surface area is 135 Å². The second kappa shape index (κ2) is 6.69. The van der Waals surface area contributed by atoms with Gasteiger partial charge in [0, 0.05) is 0 Å². The molecule has 10 heteroatoms. The van der Waals surface area contributed by atoms with Gasteiger partial charge in [-0.3, -0.25) is 4.79 Å². The van der Waals surface area contributed by atoms with Crippen LogP contribution in [0.4, 0.5) is 10.3 Å². The predicted octanol–water partition coefficient (Wildman–Crippen LogP) is 0.805. The van der Waals surface area contributed by atoms with Gasteiger partial charge in [-0.2, -0.15) is 5.10 Å². The third-order valence-electron chi connectivity index (χ3n) is 3.00. The third kappa shape index (κ3) is 3.43. The number of amides is 1. The smallest absolute Gasteiger partial charge is 0.261 e. The molecule has 24 heavy (non-hydrogen) atoms. The summed E-state index contributed by atoms with van der Waals surface area (Å²) in [6, 6.07) is 9.47. The summed E-state index contributed by atoms with van der Waals surface area (Å²) < 4.78 is 20.3. The summed E-state index contributed by atoms with van der Waals surface area (Å²) in [6.07, 6.45) is 1.30. The number of hydrogen-bond donors (Lipinski definition) is 2. The van der Waals surface area contributed by atoms with E-state index in [0.29, 0.717) is 17.1 Å². The van der Waals surface area contributed by atoms with Crippen LogP contribution in [0, 0.1) is 5.82 Å². The minimum Gasteiger partial charge on any atom is -0.455 e. The fourth-order valence-corrected chi connectivity index (χ4v) is 1.89. The Morgan fingerprint density at radius 2 is 2.21 bits per heavy atom. The number of anilines is 1. The molecule has 2 aromatic heterocycles. The van der Waals surface area contributed by atoms with Crippen molar-refractivity contribution >= 4 is 18.1 Å². The van der Waals surface area contributed by atoms with Crippen molar-refractivity contribution in [3.63, 3.8) is 0 Å². The van der Waals surface area contributed by atoms with E-state index in [2.05, 4.69) is 26.1 Å². The predicted molar refractivity (Wildman–Crippen MR) is 82.1 cm³/mol. The van der Waals surface area contributed by atoms with Gasteiger partial charge in [-0.05, 0) is 34.7 Å². The number of nitrogen functional groups attached to an aromatic ring is 1. The molecule has 0 spiro atoms. The van der Waals surface area contributed by atoms with Gasteiger partial charge in [-0.1, -0.05) is 17.2 Å². The number of rotatable bonds is 5. The van der Waals surface area contributed by atoms with Crippen LogP contribution in [0.2, 0.25) is 0 Å². The Morgan fingerprint density at radius 1 is 1.38 bits per heavy atom. The second-order valence-electron chi connectivity index (χ2n) is 4.67. The van der Waals surface area contributed by atoms with E-state index in [-0.39, 0.29) is 18.3 Å². The zero-order chi connectivity index (χ0) is 16.9. The van der Waals surface area contributed by atoms with Gasteiger partial charge in [0.15, 0.2) is 0 Å². The van der Waals surface area contributed by atoms with E-state index in [0.717, 1.165) is 4.68 Å². The number of hydrogen-bond acceptors (Lipinski definition) is 7. The molecule has 0 unspecified atom stereocenters. The number of carbonyl (C=O) groups excluding carboxylic acids is 1. The van der Waals surface area contributed by atoms with Crippen LogP contribution >= 0.6 is 0 Å². The third-order valence-corrected chi connectivity index (χ3v) is 3.00. The van der Waals surface area contributed by atoms with E-state index >= 15 is 0 Å². The van der Waals surface area contributed by atoms with Crippen molar-refractivity contribution in [2.45, 2.75) is 6.54 Å². The zero-order valence-electron chi connectivity index (χ0n) is 12.3. The van der Waals surface area contributed by atoms with Crippen molar-refractivity contribution in [1.29, 1.82) is 0 Å². The SMILES string of the molecule is Nc1nnnn1CC(=O)NN=Cc1ccc(-c2ccccc2F)o1. The molecule has 9 nitrogen and oxygen atoms in total. The number of benzene rings is 1. The lowest BCUT2D eigenvalue weighted by Crippen LogP contribution is -2.24. The van der Waals surface area contributed by atoms with Crippen molar-refractivity contribution in [2.24, 2.45) is 5.10 Å². The van der Waals surface area contributed by atoms with Gasteiger partial charge in [0.1, 0.15) is 23.9 Å². The Hall–Kier alpha value is -3.56. The number of carbonyl (C=O) groups is 1. The van der Waals surface area contributed by atoms with Crippen LogP contribution < -0.4 is 11.2 Å². The molecular weight excluding hydrogens is 317 g/mol. The number of halogens is 1. The van der Waals surface area contributed by atoms with E-state index in [9.17, 15) is 9.18 Å². The molecule has 3 aromatic rings. The highest BCUT2D eigenvalue weighted by Crippen LogP contribution is 2.24. The van der Waals surface area contributed by atoms with Crippen molar-refractivity contribution in [3.05, 3.63) is 48.0 Å². The molecule has 0 fully saturated rings. The standard InChI is InChI=1S/C14H12FN7O2/c15-11-4-2-1-3-10(11)12-6-5-9(24-12)7-17-18-13(23)8-22-14(16)19-20-21-22/h1-7H,8H2,(H,18,23)(H2,16,19,21). The molecule has 0 radical (unpaired) electrons. The van der Waals surface area contributed by atoms with Gasteiger partial charge in [0.25, 0.3) is 5.91 Å². The first kappa shape index (κ1) is 15.3. The Balaban J connectivity index is 1.61. The van der Waals surface area contributed by atoms with E-state index in [1.165, 1.54) is 12.3 Å². The lowest BCUT2D eigenvalue weighted by atomic mass is 10.1. The van der Waals surface area contributed by atoms with Crippen molar-refractivity contribution in [2.75, 3.05) is 5.73 Å². The number of nitrogens with zero attached hydrogens (tertiary/aromatic N) is 5. The molecule has 3 N–H and O–H groups in total. The van der Waals surface area contributed by atoms with Crippen molar-refractivity contribution < 1.29 is 13.6 Å². The first-order chi connectivity index (χ1) is 11.6. The Morgan fingerprint density at radius 3 is 2.96 bits per heavy atom. The lowest BCUT2D eigenvalue weighted by molar-refractivity contribution is -0.121. The maximum Gasteiger partial charge on any atom is 0.261 e. The number of furan rings is 1. The topological polar surface area (TPSA) is 124 Å². The average molecular weight is 329 g/mol. The monoisotopic (exact) mass is 329 g/mol. The average Bonchev–Trinajstić information content (AvgIpc) is 3.18. The quantitative estimate of drug-likeness (QED) is 0.527. The van der Waals surface area contributed by atoms with E-state index in [1.807, 2.05) is 0 Å². The summed E-state index contributed by atoms with van der Waals surface area (Å²) >= 11 is 0. The highest BCUT2D eigenvalue weighted by atomic mass is 19.1. The minimum absolute atomic E-state index is 0.0229. The van der Waals surface area contributed by atoms with E-state index in [4.69, 9.17) is 10.2 Å². The number of aromatic nitrogens is 4. The molecular formula is C14H12FN7O2. The maximum absolute atomic E-state index is 13.7. The molecule has 1 amide bonds. The minimum atomic E-state index is -0.467. The molecule has 1 aromatic carbocycles. The molecule has 122 valence electrons. The molecule has 3 rings (SSSR count). The molecule has 0 aliphatic heterocycles. The van der Waals surface area contributed by atoms with Crippen LogP contribution in [0.3, 0.4) is 0 Å². The lowest BCUT2D eigenvalue weighted by Gasteiger charge is -1.99. The van der Waals surface area contributed by atoms with Crippen molar-refractivity contribution in [3.8, 4) is 11.3 Å². The summed E-state index contributed by atoms with van der Waals surface area (Å²) in [5, 5.41) is 14.0. The van der Waals surface area contributed by atoms with Crippen LogP contribution in [0.15, 0.2) is 45.9 Å². The van der Waals surface area contributed by atoms with Crippen LogP contribution in [-0.4, -0.2) is 32.3 Å². The molecule has 0 aliphatic rings. The zero-order valence-corrected chi connectivity index (χ0v) is 12.3. The number of tetrazole rings is 1. The number of nitrogens with one attached hydrogen (secondary N) is 1. The summed E-state index contributed by atoms with van der Waals surface area (Å²) in [5.74, 6) is -0.110. The highest BCUT2D eigenvalue weighted by Gasteiger charge is 2.09. The maximum atomic E-state index is 13.7. The van der Waals surface area contributed by atoms with Crippen molar-refractivity contribution in [1.82, 2.24) is 25.6 Å². The molecule has 0 saturated heterocycles. The number of nitrogens with two attached hydrogens (primary N) is 1. The summed E-state index contributed by atoms with van der Waals surface area (Å²) in [4.78, 5) is 11.6. The largest absolute Gasteiger partial charge is 0.455 e. The molecule has 0 saturated carbocycles. The van der Waals surface area contributed by atoms with Crippen LogP contribution in [0.1, 0.15) is 5.76 Å².